The van der Waals surface area contributed by atoms with Crippen LogP contribution in [0.2, 0.25) is 0 Å². The molecule has 0 saturated carbocycles. The minimum Gasteiger partial charge on any atom is -0.361 e. The van der Waals surface area contributed by atoms with Gasteiger partial charge in [-0.25, -0.2) is 0 Å². The summed E-state index contributed by atoms with van der Waals surface area (Å²) in [6, 6.07) is 0. The molecule has 1 aromatic heterocycles. The van der Waals surface area contributed by atoms with Gasteiger partial charge in [-0.15, -0.1) is 11.6 Å². The number of aromatic nitrogens is 1. The number of halogens is 1. The monoisotopic (exact) mass is 213 g/mol. The third kappa shape index (κ3) is 1.68. The van der Waals surface area contributed by atoms with E-state index < -0.39 is 0 Å². The Morgan fingerprint density at radius 1 is 1.57 bits per heavy atom. The molecule has 1 unspecified atom stereocenters. The summed E-state index contributed by atoms with van der Waals surface area (Å²) >= 11 is 5.81. The predicted molar refractivity (Wildman–Crippen MR) is 56.4 cm³/mol. The van der Waals surface area contributed by atoms with Crippen molar-refractivity contribution in [3.05, 3.63) is 17.0 Å². The van der Waals surface area contributed by atoms with E-state index in [0.29, 0.717) is 5.88 Å². The summed E-state index contributed by atoms with van der Waals surface area (Å²) in [6.07, 6.45) is 3.35. The second-order valence-corrected chi connectivity index (χ2v) is 4.68. The molecular weight excluding hydrogens is 198 g/mol. The van der Waals surface area contributed by atoms with Crippen molar-refractivity contribution in [1.82, 2.24) is 5.16 Å². The average Bonchev–Trinajstić information content (AvgIpc) is 2.59. The first-order valence-corrected chi connectivity index (χ1v) is 5.78. The number of nitrogens with zero attached hydrogens (tertiary/aromatic N) is 1. The van der Waals surface area contributed by atoms with Gasteiger partial charge < -0.3 is 4.52 Å². The van der Waals surface area contributed by atoms with Crippen molar-refractivity contribution < 1.29 is 4.52 Å². The van der Waals surface area contributed by atoms with Crippen molar-refractivity contribution in [2.75, 3.05) is 0 Å². The Kier molecular flexibility index (Phi) is 2.82. The highest BCUT2D eigenvalue weighted by atomic mass is 35.5. The minimum atomic E-state index is 0.476. The number of alkyl halides is 1. The fourth-order valence-electron chi connectivity index (χ4n) is 2.16. The zero-order chi connectivity index (χ0) is 10.1. The highest BCUT2D eigenvalue weighted by molar-refractivity contribution is 6.17. The number of hydrogen-bond acceptors (Lipinski definition) is 2. The normalized spacial score (nSPS) is 21.3. The Hall–Kier alpha value is -0.500. The topological polar surface area (TPSA) is 26.0 Å². The van der Waals surface area contributed by atoms with Crippen molar-refractivity contribution in [2.45, 2.75) is 39.0 Å². The van der Waals surface area contributed by atoms with Gasteiger partial charge in [-0.05, 0) is 24.7 Å². The summed E-state index contributed by atoms with van der Waals surface area (Å²) in [7, 11) is 0. The van der Waals surface area contributed by atoms with Crippen molar-refractivity contribution in [3.63, 3.8) is 0 Å². The number of fused-ring (bicyclic) bond motifs is 1. The van der Waals surface area contributed by atoms with Crippen LogP contribution in [0.5, 0.6) is 0 Å². The smallest absolute Gasteiger partial charge is 0.140 e. The van der Waals surface area contributed by atoms with Crippen molar-refractivity contribution in [1.29, 1.82) is 0 Å². The van der Waals surface area contributed by atoms with E-state index in [0.717, 1.165) is 36.1 Å². The van der Waals surface area contributed by atoms with Crippen LogP contribution >= 0.6 is 11.6 Å². The van der Waals surface area contributed by atoms with Gasteiger partial charge in [0.05, 0.1) is 5.88 Å². The molecule has 0 bridgehead atoms. The van der Waals surface area contributed by atoms with Crippen molar-refractivity contribution >= 4 is 11.6 Å². The van der Waals surface area contributed by atoms with Crippen LogP contribution in [0.1, 0.15) is 37.3 Å². The molecule has 1 aromatic rings. The van der Waals surface area contributed by atoms with Crippen molar-refractivity contribution in [3.8, 4) is 0 Å². The lowest BCUT2D eigenvalue weighted by molar-refractivity contribution is 0.305. The Bertz CT molecular complexity index is 306. The molecule has 0 aromatic carbocycles. The van der Waals surface area contributed by atoms with E-state index in [4.69, 9.17) is 16.1 Å². The van der Waals surface area contributed by atoms with Gasteiger partial charge in [-0.1, -0.05) is 19.0 Å². The van der Waals surface area contributed by atoms with E-state index in [1.807, 2.05) is 0 Å². The molecule has 1 aliphatic carbocycles. The van der Waals surface area contributed by atoms with Crippen LogP contribution in [0, 0.1) is 11.8 Å². The van der Waals surface area contributed by atoms with Gasteiger partial charge in [0.25, 0.3) is 0 Å². The molecule has 2 nitrogen and oxygen atoms in total. The van der Waals surface area contributed by atoms with Crippen molar-refractivity contribution in [2.24, 2.45) is 11.8 Å². The van der Waals surface area contributed by atoms with Crippen LogP contribution in [-0.2, 0) is 18.7 Å². The van der Waals surface area contributed by atoms with Crippen LogP contribution in [0.3, 0.4) is 0 Å². The van der Waals surface area contributed by atoms with E-state index in [1.165, 1.54) is 12.0 Å². The highest BCUT2D eigenvalue weighted by Gasteiger charge is 2.26. The lowest BCUT2D eigenvalue weighted by atomic mass is 9.80. The summed E-state index contributed by atoms with van der Waals surface area (Å²) in [5.41, 5.74) is 2.23. The SMILES string of the molecule is CC(C)C1CCc2onc(CCl)c2C1. The van der Waals surface area contributed by atoms with Gasteiger partial charge in [0.15, 0.2) is 0 Å². The Morgan fingerprint density at radius 2 is 2.36 bits per heavy atom. The molecule has 1 atom stereocenters. The van der Waals surface area contributed by atoms with E-state index in [2.05, 4.69) is 19.0 Å². The summed E-state index contributed by atoms with van der Waals surface area (Å²) in [5.74, 6) is 3.05. The quantitative estimate of drug-likeness (QED) is 0.706. The third-order valence-electron chi connectivity index (χ3n) is 3.23. The van der Waals surface area contributed by atoms with Gasteiger partial charge in [0.2, 0.25) is 0 Å². The van der Waals surface area contributed by atoms with Crippen LogP contribution < -0.4 is 0 Å². The fourth-order valence-corrected chi connectivity index (χ4v) is 2.37. The molecule has 0 fully saturated rings. The van der Waals surface area contributed by atoms with E-state index in [-0.39, 0.29) is 0 Å². The molecule has 2 rings (SSSR count). The summed E-state index contributed by atoms with van der Waals surface area (Å²) in [6.45, 7) is 4.56. The van der Waals surface area contributed by atoms with Gasteiger partial charge >= 0.3 is 0 Å². The summed E-state index contributed by atoms with van der Waals surface area (Å²) in [4.78, 5) is 0. The largest absolute Gasteiger partial charge is 0.361 e. The molecule has 1 heterocycles. The molecule has 0 radical (unpaired) electrons. The van der Waals surface area contributed by atoms with Crippen LogP contribution in [-0.4, -0.2) is 5.16 Å². The van der Waals surface area contributed by atoms with Crippen LogP contribution in [0.4, 0.5) is 0 Å². The molecule has 14 heavy (non-hydrogen) atoms. The fraction of sp³-hybridized carbons (Fsp3) is 0.727. The predicted octanol–water partition coefficient (Wildman–Crippen LogP) is 3.17. The van der Waals surface area contributed by atoms with Gasteiger partial charge in [0.1, 0.15) is 11.5 Å². The first kappa shape index (κ1) is 10.0. The maximum Gasteiger partial charge on any atom is 0.140 e. The molecule has 0 aliphatic heterocycles. The first-order chi connectivity index (χ1) is 6.72. The average molecular weight is 214 g/mol. The second-order valence-electron chi connectivity index (χ2n) is 4.41. The van der Waals surface area contributed by atoms with E-state index in [9.17, 15) is 0 Å². The number of hydrogen-bond donors (Lipinski definition) is 0. The Labute approximate surface area is 89.6 Å². The minimum absolute atomic E-state index is 0.476. The van der Waals surface area contributed by atoms with Crippen LogP contribution in [0.15, 0.2) is 4.52 Å². The molecule has 0 N–H and O–H groups in total. The summed E-state index contributed by atoms with van der Waals surface area (Å²) in [5, 5.41) is 4.00. The third-order valence-corrected chi connectivity index (χ3v) is 3.48. The maximum absolute atomic E-state index is 5.81. The molecule has 78 valence electrons. The zero-order valence-electron chi connectivity index (χ0n) is 8.72. The summed E-state index contributed by atoms with van der Waals surface area (Å²) < 4.78 is 5.27. The lowest BCUT2D eigenvalue weighted by Crippen LogP contribution is -2.18. The Morgan fingerprint density at radius 3 is 3.00 bits per heavy atom. The second kappa shape index (κ2) is 3.93. The van der Waals surface area contributed by atoms with E-state index >= 15 is 0 Å². The molecule has 0 spiro atoms. The van der Waals surface area contributed by atoms with Gasteiger partial charge in [-0.2, -0.15) is 0 Å². The highest BCUT2D eigenvalue weighted by Crippen LogP contribution is 2.32. The molecule has 3 heteroatoms. The molecule has 0 saturated heterocycles. The number of rotatable bonds is 2. The van der Waals surface area contributed by atoms with Gasteiger partial charge in [0, 0.05) is 12.0 Å². The Balaban J connectivity index is 2.23. The molecule has 0 amide bonds. The molecular formula is C11H16ClNO. The van der Waals surface area contributed by atoms with E-state index in [1.54, 1.807) is 0 Å². The first-order valence-electron chi connectivity index (χ1n) is 5.24. The standard InChI is InChI=1S/C11H16ClNO/c1-7(2)8-3-4-11-9(5-8)10(6-12)13-14-11/h7-8H,3-6H2,1-2H3. The van der Waals surface area contributed by atoms with Crippen LogP contribution in [0.25, 0.3) is 0 Å². The zero-order valence-corrected chi connectivity index (χ0v) is 9.47. The molecule has 1 aliphatic rings. The lowest BCUT2D eigenvalue weighted by Gasteiger charge is -2.24. The van der Waals surface area contributed by atoms with Gasteiger partial charge in [-0.3, -0.25) is 0 Å². The maximum atomic E-state index is 5.81. The number of aryl methyl sites for hydroxylation is 1.